The molecule has 2 saturated carbocycles. The van der Waals surface area contributed by atoms with Crippen molar-refractivity contribution in [3.63, 3.8) is 0 Å². The molecule has 0 saturated heterocycles. The molecular weight excluding hydrogens is 404 g/mol. The third kappa shape index (κ3) is 4.65. The van der Waals surface area contributed by atoms with Crippen LogP contribution in [0, 0.1) is 31.6 Å². The van der Waals surface area contributed by atoms with Crippen LogP contribution in [0.3, 0.4) is 0 Å². The van der Waals surface area contributed by atoms with Gasteiger partial charge >= 0.3 is 12.6 Å². The van der Waals surface area contributed by atoms with Crippen LogP contribution in [0.25, 0.3) is 5.69 Å². The van der Waals surface area contributed by atoms with Crippen LogP contribution in [0.5, 0.6) is 5.75 Å². The molecule has 3 atom stereocenters. The number of alkyl halides is 2. The van der Waals surface area contributed by atoms with Crippen LogP contribution >= 0.6 is 0 Å². The first-order valence-electron chi connectivity index (χ1n) is 10.7. The predicted molar refractivity (Wildman–Crippen MR) is 111 cm³/mol. The van der Waals surface area contributed by atoms with E-state index in [0.29, 0.717) is 29.5 Å². The molecule has 2 aromatic rings. The van der Waals surface area contributed by atoms with Gasteiger partial charge < -0.3 is 14.0 Å². The van der Waals surface area contributed by atoms with Crippen molar-refractivity contribution in [3.05, 3.63) is 47.3 Å². The summed E-state index contributed by atoms with van der Waals surface area (Å²) in [5.41, 5.74) is 2.73. The number of hydrogen-bond acceptors (Lipinski definition) is 4. The van der Waals surface area contributed by atoms with Gasteiger partial charge in [0.25, 0.3) is 0 Å². The van der Waals surface area contributed by atoms with Crippen molar-refractivity contribution in [2.75, 3.05) is 6.61 Å². The Hall–Kier alpha value is -2.70. The number of aromatic nitrogens is 1. The molecule has 0 radical (unpaired) electrons. The quantitative estimate of drug-likeness (QED) is 0.423. The number of fused-ring (bicyclic) bond motifs is 2. The van der Waals surface area contributed by atoms with E-state index >= 15 is 0 Å². The fourth-order valence-corrected chi connectivity index (χ4v) is 5.34. The maximum Gasteiger partial charge on any atom is 0.387 e. The zero-order chi connectivity index (χ0) is 22.1. The lowest BCUT2D eigenvalue weighted by Gasteiger charge is -2.20. The van der Waals surface area contributed by atoms with Gasteiger partial charge in [0.2, 0.25) is 5.78 Å². The lowest BCUT2D eigenvalue weighted by atomic mass is 9.86. The Balaban J connectivity index is 1.38. The fourth-order valence-electron chi connectivity index (χ4n) is 5.34. The predicted octanol–water partition coefficient (Wildman–Crippen LogP) is 5.25. The van der Waals surface area contributed by atoms with Gasteiger partial charge in [0.1, 0.15) is 5.75 Å². The molecule has 5 nitrogen and oxygen atoms in total. The molecule has 1 heterocycles. The second kappa shape index (κ2) is 8.81. The second-order valence-corrected chi connectivity index (χ2v) is 8.72. The minimum Gasteiger partial charge on any atom is -0.457 e. The number of Topliss-reactive ketones (excluding diaryl/α,β-unsaturated/α-hetero) is 1. The van der Waals surface area contributed by atoms with Gasteiger partial charge in [0.15, 0.2) is 6.61 Å². The number of carbonyl (C=O) groups is 2. The molecule has 0 spiro atoms. The monoisotopic (exact) mass is 431 g/mol. The largest absolute Gasteiger partial charge is 0.457 e. The second-order valence-electron chi connectivity index (χ2n) is 8.72. The summed E-state index contributed by atoms with van der Waals surface area (Å²) >= 11 is 0. The molecule has 2 bridgehead atoms. The number of ether oxygens (including phenoxy) is 2. The van der Waals surface area contributed by atoms with Crippen LogP contribution < -0.4 is 4.74 Å². The Morgan fingerprint density at radius 1 is 1.13 bits per heavy atom. The smallest absolute Gasteiger partial charge is 0.387 e. The number of benzene rings is 1. The topological polar surface area (TPSA) is 57.5 Å². The number of aryl methyl sites for hydroxylation is 1. The van der Waals surface area contributed by atoms with Crippen molar-refractivity contribution in [3.8, 4) is 11.4 Å². The average Bonchev–Trinajstić information content (AvgIpc) is 3.41. The van der Waals surface area contributed by atoms with Crippen LogP contribution in [-0.4, -0.2) is 29.5 Å². The molecular formula is C24H27F2NO4. The first-order chi connectivity index (χ1) is 14.8. The first-order valence-corrected chi connectivity index (χ1v) is 10.7. The highest BCUT2D eigenvalue weighted by Gasteiger charge is 2.40. The minimum atomic E-state index is -2.88. The summed E-state index contributed by atoms with van der Waals surface area (Å²) in [4.78, 5) is 25.0. The van der Waals surface area contributed by atoms with E-state index in [1.165, 1.54) is 31.4 Å². The summed E-state index contributed by atoms with van der Waals surface area (Å²) < 4.78 is 36.2. The van der Waals surface area contributed by atoms with Crippen molar-refractivity contribution >= 4 is 11.8 Å². The van der Waals surface area contributed by atoms with Crippen molar-refractivity contribution in [1.82, 2.24) is 4.57 Å². The van der Waals surface area contributed by atoms with Crippen LogP contribution in [0.2, 0.25) is 0 Å². The molecule has 166 valence electrons. The molecule has 2 fully saturated rings. The van der Waals surface area contributed by atoms with Crippen molar-refractivity contribution in [1.29, 1.82) is 0 Å². The molecule has 1 aromatic heterocycles. The fraction of sp³-hybridized carbons (Fsp3) is 0.500. The summed E-state index contributed by atoms with van der Waals surface area (Å²) in [5, 5.41) is 0. The molecule has 7 heteroatoms. The Morgan fingerprint density at radius 3 is 2.48 bits per heavy atom. The highest BCUT2D eigenvalue weighted by Crippen LogP contribution is 2.49. The number of ketones is 1. The number of carbonyl (C=O) groups excluding carboxylic acids is 2. The molecule has 0 aliphatic heterocycles. The average molecular weight is 431 g/mol. The molecule has 0 N–H and O–H groups in total. The van der Waals surface area contributed by atoms with Crippen LogP contribution in [0.15, 0.2) is 30.3 Å². The number of nitrogens with zero attached hydrogens (tertiary/aromatic N) is 1. The molecule has 2 aliphatic rings. The highest BCUT2D eigenvalue weighted by atomic mass is 19.3. The van der Waals surface area contributed by atoms with Gasteiger partial charge in [-0.1, -0.05) is 6.42 Å². The number of hydrogen-bond donors (Lipinski definition) is 0. The van der Waals surface area contributed by atoms with Gasteiger partial charge in [-0.25, -0.2) is 0 Å². The normalized spacial score (nSPS) is 22.2. The Bertz CT molecular complexity index is 967. The van der Waals surface area contributed by atoms with Crippen molar-refractivity contribution in [2.45, 2.75) is 52.6 Å². The van der Waals surface area contributed by atoms with E-state index < -0.39 is 6.61 Å². The van der Waals surface area contributed by atoms with Crippen molar-refractivity contribution < 1.29 is 27.8 Å². The van der Waals surface area contributed by atoms with E-state index in [1.54, 1.807) is 25.1 Å². The lowest BCUT2D eigenvalue weighted by Crippen LogP contribution is -2.20. The van der Waals surface area contributed by atoms with E-state index in [1.807, 2.05) is 11.5 Å². The molecule has 2 aliphatic carbocycles. The van der Waals surface area contributed by atoms with E-state index in [9.17, 15) is 18.4 Å². The van der Waals surface area contributed by atoms with Crippen LogP contribution in [-0.2, 0) is 9.53 Å². The lowest BCUT2D eigenvalue weighted by molar-refractivity contribution is -0.144. The van der Waals surface area contributed by atoms with Gasteiger partial charge in [0, 0.05) is 29.1 Å². The van der Waals surface area contributed by atoms with Gasteiger partial charge in [0.05, 0.1) is 0 Å². The van der Waals surface area contributed by atoms with Crippen molar-refractivity contribution in [2.24, 2.45) is 17.8 Å². The Labute approximate surface area is 180 Å². The summed E-state index contributed by atoms with van der Waals surface area (Å²) in [7, 11) is 0. The zero-order valence-corrected chi connectivity index (χ0v) is 17.8. The molecule has 1 aromatic carbocycles. The number of halogens is 2. The van der Waals surface area contributed by atoms with Gasteiger partial charge in [-0.3, -0.25) is 9.59 Å². The van der Waals surface area contributed by atoms with Gasteiger partial charge in [-0.2, -0.15) is 8.78 Å². The third-order valence-electron chi connectivity index (χ3n) is 6.73. The van der Waals surface area contributed by atoms with E-state index in [2.05, 4.69) is 4.74 Å². The maximum absolute atomic E-state index is 12.7. The molecule has 0 amide bonds. The van der Waals surface area contributed by atoms with Gasteiger partial charge in [-0.05, 0) is 81.2 Å². The zero-order valence-electron chi connectivity index (χ0n) is 17.8. The number of rotatable bonds is 8. The van der Waals surface area contributed by atoms with Gasteiger partial charge in [-0.15, -0.1) is 0 Å². The summed E-state index contributed by atoms with van der Waals surface area (Å²) in [6.07, 6.45) is 5.24. The molecule has 31 heavy (non-hydrogen) atoms. The van der Waals surface area contributed by atoms with E-state index in [-0.39, 0.29) is 24.1 Å². The Morgan fingerprint density at radius 2 is 1.87 bits per heavy atom. The summed E-state index contributed by atoms with van der Waals surface area (Å²) in [5.74, 6) is 1.34. The standard InChI is InChI=1S/C24H27F2NO4/c1-14-9-21(15(2)27(14)19-5-7-20(8-6-19)31-24(25)26)22(28)13-30-23(29)12-18-11-16-3-4-17(18)10-16/h5-9,16-18,24H,3-4,10-13H2,1-2H3/t16-,17-,18+/m0/s1. The molecule has 0 unspecified atom stereocenters. The summed E-state index contributed by atoms with van der Waals surface area (Å²) in [6.45, 7) is 0.511. The summed E-state index contributed by atoms with van der Waals surface area (Å²) in [6, 6.07) is 7.98. The first kappa shape index (κ1) is 21.5. The minimum absolute atomic E-state index is 0.0694. The van der Waals surface area contributed by atoms with E-state index in [4.69, 9.17) is 4.74 Å². The third-order valence-corrected chi connectivity index (χ3v) is 6.73. The van der Waals surface area contributed by atoms with Crippen LogP contribution in [0.4, 0.5) is 8.78 Å². The van der Waals surface area contributed by atoms with E-state index in [0.717, 1.165) is 23.7 Å². The van der Waals surface area contributed by atoms with Crippen LogP contribution in [0.1, 0.15) is 53.8 Å². The molecule has 4 rings (SSSR count). The number of esters is 1. The highest BCUT2D eigenvalue weighted by molar-refractivity contribution is 5.99. The maximum atomic E-state index is 12.7. The Kier molecular flexibility index (Phi) is 6.12. The SMILES string of the molecule is Cc1cc(C(=O)COC(=O)C[C@H]2C[C@H]3CC[C@H]2C3)c(C)n1-c1ccc(OC(F)F)cc1.